The molecule has 12 heteroatoms. The van der Waals surface area contributed by atoms with Crippen molar-refractivity contribution in [1.82, 2.24) is 25.1 Å². The summed E-state index contributed by atoms with van der Waals surface area (Å²) in [5.74, 6) is 0.507. The van der Waals surface area contributed by atoms with Gasteiger partial charge in [0.2, 0.25) is 0 Å². The topological polar surface area (TPSA) is 144 Å². The number of rotatable bonds is 14. The van der Waals surface area contributed by atoms with Gasteiger partial charge in [0.05, 0.1) is 24.8 Å². The van der Waals surface area contributed by atoms with Crippen molar-refractivity contribution in [1.29, 1.82) is 0 Å². The third-order valence-electron chi connectivity index (χ3n) is 5.63. The lowest BCUT2D eigenvalue weighted by Crippen LogP contribution is -2.31. The summed E-state index contributed by atoms with van der Waals surface area (Å²) < 4.78 is 5.43. The fourth-order valence-corrected chi connectivity index (χ4v) is 3.80. The van der Waals surface area contributed by atoms with Crippen molar-refractivity contribution >= 4 is 34.8 Å². The van der Waals surface area contributed by atoms with Gasteiger partial charge < -0.3 is 36.0 Å². The van der Waals surface area contributed by atoms with Crippen LogP contribution in [0.5, 0.6) is 5.75 Å². The molecule has 0 radical (unpaired) electrons. The van der Waals surface area contributed by atoms with E-state index in [1.54, 1.807) is 31.3 Å². The van der Waals surface area contributed by atoms with Crippen molar-refractivity contribution in [3.63, 3.8) is 0 Å². The smallest absolute Gasteiger partial charge is 0.317 e. The largest absolute Gasteiger partial charge is 0.496 e. The Balaban J connectivity index is 1.76. The average Bonchev–Trinajstić information content (AvgIpc) is 3.16. The van der Waals surface area contributed by atoms with Crippen LogP contribution >= 0.6 is 0 Å². The summed E-state index contributed by atoms with van der Waals surface area (Å²) in [5.41, 5.74) is 2.56. The number of nitrogens with zero attached hydrogens (tertiary/aromatic N) is 4. The monoisotopic (exact) mass is 498 g/mol. The predicted molar refractivity (Wildman–Crippen MR) is 139 cm³/mol. The Bertz CT molecular complexity index is 1110. The molecule has 2 heterocycles. The Kier molecular flexibility index (Phi) is 9.56. The number of carbonyl (C=O) groups is 2. The first-order chi connectivity index (χ1) is 17.3. The summed E-state index contributed by atoms with van der Waals surface area (Å²) in [7, 11) is 7.26. The molecule has 1 aromatic heterocycles. The van der Waals surface area contributed by atoms with E-state index in [0.29, 0.717) is 41.6 Å². The molecule has 0 fully saturated rings. The van der Waals surface area contributed by atoms with E-state index >= 15 is 0 Å². The van der Waals surface area contributed by atoms with Crippen LogP contribution in [0, 0.1) is 0 Å². The zero-order chi connectivity index (χ0) is 26.1. The van der Waals surface area contributed by atoms with Crippen LogP contribution in [0.15, 0.2) is 30.7 Å². The number of methoxy groups -OCH3 is 1. The van der Waals surface area contributed by atoms with E-state index in [2.05, 4.69) is 36.1 Å². The number of hydrogen-bond acceptors (Lipinski definition) is 10. The number of benzene rings is 1. The zero-order valence-corrected chi connectivity index (χ0v) is 21.1. The quantitative estimate of drug-likeness (QED) is 0.238. The van der Waals surface area contributed by atoms with Crippen LogP contribution in [0.3, 0.4) is 0 Å². The van der Waals surface area contributed by atoms with Gasteiger partial charge in [-0.3, -0.25) is 14.5 Å². The molecule has 5 N–H and O–H groups in total. The molecule has 1 aliphatic rings. The second-order valence-corrected chi connectivity index (χ2v) is 8.53. The van der Waals surface area contributed by atoms with Crippen molar-refractivity contribution < 1.29 is 19.4 Å². The predicted octanol–water partition coefficient (Wildman–Crippen LogP) is 0.970. The highest BCUT2D eigenvalue weighted by Crippen LogP contribution is 2.34. The number of carbonyl (C=O) groups excluding carboxylic acids is 1. The number of hydrogen-bond donors (Lipinski definition) is 5. The van der Waals surface area contributed by atoms with E-state index in [4.69, 9.17) is 9.84 Å². The Morgan fingerprint density at radius 2 is 1.97 bits per heavy atom. The minimum atomic E-state index is -0.905. The third-order valence-corrected chi connectivity index (χ3v) is 5.63. The minimum Gasteiger partial charge on any atom is -0.496 e. The van der Waals surface area contributed by atoms with Crippen molar-refractivity contribution in [2.75, 3.05) is 76.9 Å². The Hall–Kier alpha value is -3.74. The first kappa shape index (κ1) is 26.9. The maximum atomic E-state index is 12.7. The third kappa shape index (κ3) is 7.13. The van der Waals surface area contributed by atoms with Crippen molar-refractivity contribution in [2.24, 2.45) is 0 Å². The zero-order valence-electron chi connectivity index (χ0n) is 21.1. The van der Waals surface area contributed by atoms with Crippen molar-refractivity contribution in [3.8, 4) is 5.75 Å². The van der Waals surface area contributed by atoms with Crippen molar-refractivity contribution in [2.45, 2.75) is 6.54 Å². The van der Waals surface area contributed by atoms with Crippen LogP contribution in [0.25, 0.3) is 5.57 Å². The fraction of sp³-hybridized carbons (Fsp3) is 0.417. The molecular formula is C24H34N8O4. The molecule has 1 aliphatic heterocycles. The summed E-state index contributed by atoms with van der Waals surface area (Å²) in [6.45, 7) is 3.58. The maximum absolute atomic E-state index is 12.7. The normalized spacial score (nSPS) is 13.7. The number of carboxylic acids is 1. The molecule has 0 bridgehead atoms. The number of carboxylic acid groups (broad SMARTS) is 1. The van der Waals surface area contributed by atoms with Gasteiger partial charge in [-0.05, 0) is 39.3 Å². The summed E-state index contributed by atoms with van der Waals surface area (Å²) in [6, 6.07) is 5.49. The molecule has 0 atom stereocenters. The van der Waals surface area contributed by atoms with Gasteiger partial charge >= 0.3 is 5.97 Å². The number of likely N-dealkylation sites (N-methyl/N-ethyl adjacent to an activating group) is 3. The van der Waals surface area contributed by atoms with Crippen LogP contribution in [0.4, 0.5) is 17.3 Å². The van der Waals surface area contributed by atoms with E-state index in [-0.39, 0.29) is 12.5 Å². The van der Waals surface area contributed by atoms with Gasteiger partial charge in [0.25, 0.3) is 5.91 Å². The van der Waals surface area contributed by atoms with Gasteiger partial charge in [0.1, 0.15) is 23.7 Å². The van der Waals surface area contributed by atoms with Crippen LogP contribution in [0.1, 0.15) is 11.1 Å². The van der Waals surface area contributed by atoms with Gasteiger partial charge in [-0.1, -0.05) is 0 Å². The Morgan fingerprint density at radius 3 is 2.69 bits per heavy atom. The van der Waals surface area contributed by atoms with E-state index < -0.39 is 5.97 Å². The summed E-state index contributed by atoms with van der Waals surface area (Å²) in [6.07, 6.45) is 3.05. The molecular weight excluding hydrogens is 464 g/mol. The second-order valence-electron chi connectivity index (χ2n) is 8.53. The number of aliphatic carboxylic acids is 1. The molecule has 2 aromatic rings. The van der Waals surface area contributed by atoms with Crippen LogP contribution in [-0.2, 0) is 16.1 Å². The first-order valence-electron chi connectivity index (χ1n) is 11.6. The van der Waals surface area contributed by atoms with Gasteiger partial charge in [0.15, 0.2) is 0 Å². The van der Waals surface area contributed by atoms with Crippen LogP contribution in [0.2, 0.25) is 0 Å². The van der Waals surface area contributed by atoms with Crippen molar-refractivity contribution in [3.05, 3.63) is 41.9 Å². The molecule has 0 unspecified atom stereocenters. The molecule has 12 nitrogen and oxygen atoms in total. The highest BCUT2D eigenvalue weighted by molar-refractivity contribution is 6.32. The molecule has 194 valence electrons. The van der Waals surface area contributed by atoms with E-state index in [0.717, 1.165) is 30.9 Å². The minimum absolute atomic E-state index is 0.0944. The SMILES string of the molecule is CNCCN(C)CCNc1ncnc2c1/C(=C/Nc1ccc(OC)c(CN(C)CC(=O)O)c1)C(=O)N2. The lowest BCUT2D eigenvalue weighted by Gasteiger charge is -2.17. The highest BCUT2D eigenvalue weighted by Gasteiger charge is 2.29. The Labute approximate surface area is 210 Å². The maximum Gasteiger partial charge on any atom is 0.317 e. The standard InChI is InChI=1S/C24H34N8O4/c1-25-7-9-31(2)10-8-26-22-21-18(24(35)30-23(21)29-15-28-22)12-27-17-5-6-19(36-4)16(11-17)13-32(3)14-20(33)34/h5-6,11-12,15,25,27H,7-10,13-14H2,1-4H3,(H,33,34)(H2,26,28,29,30,35)/b18-12-. The summed E-state index contributed by atoms with van der Waals surface area (Å²) in [5, 5.41) is 21.5. The number of anilines is 3. The lowest BCUT2D eigenvalue weighted by molar-refractivity contribution is -0.138. The summed E-state index contributed by atoms with van der Waals surface area (Å²) >= 11 is 0. The average molecular weight is 499 g/mol. The molecule has 0 saturated carbocycles. The van der Waals surface area contributed by atoms with Gasteiger partial charge in [0, 0.05) is 50.2 Å². The number of amides is 1. The molecule has 0 spiro atoms. The van der Waals surface area contributed by atoms with E-state index in [1.807, 2.05) is 26.2 Å². The Morgan fingerprint density at radius 1 is 1.19 bits per heavy atom. The van der Waals surface area contributed by atoms with Gasteiger partial charge in [-0.15, -0.1) is 0 Å². The molecule has 0 aliphatic carbocycles. The lowest BCUT2D eigenvalue weighted by atomic mass is 10.1. The molecule has 1 amide bonds. The van der Waals surface area contributed by atoms with Gasteiger partial charge in [-0.25, -0.2) is 9.97 Å². The van der Waals surface area contributed by atoms with E-state index in [1.165, 1.54) is 6.33 Å². The first-order valence-corrected chi connectivity index (χ1v) is 11.6. The molecule has 0 saturated heterocycles. The number of fused-ring (bicyclic) bond motifs is 1. The van der Waals surface area contributed by atoms with Crippen LogP contribution < -0.4 is 26.0 Å². The fourth-order valence-electron chi connectivity index (χ4n) is 3.80. The van der Waals surface area contributed by atoms with Crippen LogP contribution in [-0.4, -0.2) is 97.7 Å². The highest BCUT2D eigenvalue weighted by atomic mass is 16.5. The number of nitrogens with one attached hydrogen (secondary N) is 4. The molecule has 36 heavy (non-hydrogen) atoms. The molecule has 3 rings (SSSR count). The molecule has 1 aromatic carbocycles. The van der Waals surface area contributed by atoms with E-state index in [9.17, 15) is 9.59 Å². The second kappa shape index (κ2) is 12.8. The van der Waals surface area contributed by atoms with Gasteiger partial charge in [-0.2, -0.15) is 0 Å². The number of aromatic nitrogens is 2. The summed E-state index contributed by atoms with van der Waals surface area (Å²) in [4.78, 5) is 36.2. The number of ether oxygens (including phenoxy) is 1.